The Morgan fingerprint density at radius 1 is 0.826 bits per heavy atom. The van der Waals surface area contributed by atoms with Crippen molar-refractivity contribution in [1.29, 1.82) is 0 Å². The summed E-state index contributed by atoms with van der Waals surface area (Å²) in [6, 6.07) is 20.2. The van der Waals surface area contributed by atoms with E-state index < -0.39 is 0 Å². The molecule has 0 aromatic heterocycles. The van der Waals surface area contributed by atoms with Gasteiger partial charge in [0, 0.05) is 19.1 Å². The van der Waals surface area contributed by atoms with E-state index in [1.807, 2.05) is 0 Å². The van der Waals surface area contributed by atoms with Gasteiger partial charge in [0.05, 0.1) is 0 Å². The minimum atomic E-state index is 0.561. The smallest absolute Gasteiger partial charge is 0.0326 e. The highest BCUT2D eigenvalue weighted by Crippen LogP contribution is 2.30. The van der Waals surface area contributed by atoms with Crippen molar-refractivity contribution in [3.8, 4) is 0 Å². The highest BCUT2D eigenvalue weighted by Gasteiger charge is 2.20. The van der Waals surface area contributed by atoms with E-state index in [9.17, 15) is 0 Å². The van der Waals surface area contributed by atoms with Gasteiger partial charge >= 0.3 is 0 Å². The van der Waals surface area contributed by atoms with Crippen molar-refractivity contribution < 1.29 is 0 Å². The Hall–Kier alpha value is -1.64. The summed E-state index contributed by atoms with van der Waals surface area (Å²) >= 11 is 0. The van der Waals surface area contributed by atoms with Crippen molar-refractivity contribution in [2.24, 2.45) is 0 Å². The topological polar surface area (TPSA) is 24.1 Å². The number of hydrogen-bond acceptors (Lipinski definition) is 2. The predicted octanol–water partition coefficient (Wildman–Crippen LogP) is 3.88. The molecule has 2 aromatic rings. The van der Waals surface area contributed by atoms with Crippen LogP contribution >= 0.6 is 0 Å². The standard InChI is InChI=1S/C21H28N2/c1-2-8-18(9-3-1)10-6-7-15-22-16-17-23-21-14-13-19-11-4-5-12-20(19)21/h1-5,8-9,11-12,21-23H,6-7,10,13-17H2. The molecule has 0 bridgehead atoms. The zero-order valence-corrected chi connectivity index (χ0v) is 13.9. The quantitative estimate of drug-likeness (QED) is 0.687. The van der Waals surface area contributed by atoms with Gasteiger partial charge in [-0.3, -0.25) is 0 Å². The summed E-state index contributed by atoms with van der Waals surface area (Å²) in [6.07, 6.45) is 6.18. The molecule has 2 nitrogen and oxygen atoms in total. The van der Waals surface area contributed by atoms with E-state index in [0.29, 0.717) is 6.04 Å². The SMILES string of the molecule is c1ccc(CCCCNCCNC2CCc3ccccc32)cc1. The molecule has 0 aliphatic heterocycles. The Bertz CT molecular complexity index is 579. The minimum absolute atomic E-state index is 0.561. The van der Waals surface area contributed by atoms with Crippen LogP contribution in [0.15, 0.2) is 54.6 Å². The molecule has 0 saturated heterocycles. The number of unbranched alkanes of at least 4 members (excludes halogenated alkanes) is 1. The lowest BCUT2D eigenvalue weighted by molar-refractivity contribution is 0.509. The summed E-state index contributed by atoms with van der Waals surface area (Å²) < 4.78 is 0. The van der Waals surface area contributed by atoms with Crippen LogP contribution in [-0.2, 0) is 12.8 Å². The van der Waals surface area contributed by atoms with Gasteiger partial charge in [-0.25, -0.2) is 0 Å². The molecular weight excluding hydrogens is 280 g/mol. The van der Waals surface area contributed by atoms with Crippen molar-refractivity contribution in [2.75, 3.05) is 19.6 Å². The molecule has 0 spiro atoms. The van der Waals surface area contributed by atoms with Crippen LogP contribution in [0.4, 0.5) is 0 Å². The van der Waals surface area contributed by atoms with Gasteiger partial charge in [0.15, 0.2) is 0 Å². The first-order valence-electron chi connectivity index (χ1n) is 8.99. The fourth-order valence-corrected chi connectivity index (χ4v) is 3.45. The van der Waals surface area contributed by atoms with Crippen LogP contribution in [-0.4, -0.2) is 19.6 Å². The third-order valence-electron chi connectivity index (χ3n) is 4.74. The molecule has 0 amide bonds. The van der Waals surface area contributed by atoms with Gasteiger partial charge in [0.2, 0.25) is 0 Å². The number of nitrogens with one attached hydrogen (secondary N) is 2. The minimum Gasteiger partial charge on any atom is -0.315 e. The van der Waals surface area contributed by atoms with Crippen LogP contribution in [0.25, 0.3) is 0 Å². The summed E-state index contributed by atoms with van der Waals surface area (Å²) in [5.74, 6) is 0. The second-order valence-corrected chi connectivity index (χ2v) is 6.44. The van der Waals surface area contributed by atoms with E-state index >= 15 is 0 Å². The molecule has 2 heteroatoms. The van der Waals surface area contributed by atoms with Crippen LogP contribution in [0.5, 0.6) is 0 Å². The molecule has 1 aliphatic rings. The molecule has 3 rings (SSSR count). The second-order valence-electron chi connectivity index (χ2n) is 6.44. The van der Waals surface area contributed by atoms with Crippen LogP contribution in [0.2, 0.25) is 0 Å². The highest BCUT2D eigenvalue weighted by atomic mass is 15.0. The molecule has 2 N–H and O–H groups in total. The Morgan fingerprint density at radius 3 is 2.57 bits per heavy atom. The van der Waals surface area contributed by atoms with Gasteiger partial charge in [-0.15, -0.1) is 0 Å². The highest BCUT2D eigenvalue weighted by molar-refractivity contribution is 5.34. The van der Waals surface area contributed by atoms with Crippen molar-refractivity contribution in [3.63, 3.8) is 0 Å². The fraction of sp³-hybridized carbons (Fsp3) is 0.429. The Kier molecular flexibility index (Phi) is 6.25. The zero-order valence-electron chi connectivity index (χ0n) is 13.9. The van der Waals surface area contributed by atoms with Crippen LogP contribution < -0.4 is 10.6 Å². The monoisotopic (exact) mass is 308 g/mol. The maximum atomic E-state index is 3.69. The van der Waals surface area contributed by atoms with Gasteiger partial charge in [-0.05, 0) is 55.3 Å². The average Bonchev–Trinajstić information content (AvgIpc) is 3.01. The fourth-order valence-electron chi connectivity index (χ4n) is 3.45. The lowest BCUT2D eigenvalue weighted by atomic mass is 10.1. The van der Waals surface area contributed by atoms with Gasteiger partial charge in [0.25, 0.3) is 0 Å². The van der Waals surface area contributed by atoms with Crippen molar-refractivity contribution >= 4 is 0 Å². The largest absolute Gasteiger partial charge is 0.315 e. The molecule has 1 aliphatic carbocycles. The zero-order chi connectivity index (χ0) is 15.7. The molecular formula is C21H28N2. The lowest BCUT2D eigenvalue weighted by Crippen LogP contribution is -2.30. The molecule has 1 atom stereocenters. The number of fused-ring (bicyclic) bond motifs is 1. The lowest BCUT2D eigenvalue weighted by Gasteiger charge is -2.14. The second kappa shape index (κ2) is 8.85. The summed E-state index contributed by atoms with van der Waals surface area (Å²) in [5, 5.41) is 7.25. The van der Waals surface area contributed by atoms with E-state index in [0.717, 1.165) is 19.6 Å². The van der Waals surface area contributed by atoms with E-state index in [4.69, 9.17) is 0 Å². The summed E-state index contributed by atoms with van der Waals surface area (Å²) in [5.41, 5.74) is 4.49. The first-order chi connectivity index (χ1) is 11.4. The van der Waals surface area contributed by atoms with Crippen molar-refractivity contribution in [3.05, 3.63) is 71.3 Å². The molecule has 1 unspecified atom stereocenters. The molecule has 0 heterocycles. The molecule has 122 valence electrons. The van der Waals surface area contributed by atoms with E-state index in [1.165, 1.54) is 48.8 Å². The van der Waals surface area contributed by atoms with Gasteiger partial charge in [0.1, 0.15) is 0 Å². The van der Waals surface area contributed by atoms with E-state index in [2.05, 4.69) is 65.2 Å². The summed E-state index contributed by atoms with van der Waals surface area (Å²) in [7, 11) is 0. The molecule has 0 radical (unpaired) electrons. The summed E-state index contributed by atoms with van der Waals surface area (Å²) in [6.45, 7) is 3.23. The molecule has 0 fully saturated rings. The normalized spacial score (nSPS) is 16.4. The third kappa shape index (κ3) is 4.92. The van der Waals surface area contributed by atoms with E-state index in [1.54, 1.807) is 0 Å². The maximum absolute atomic E-state index is 3.69. The van der Waals surface area contributed by atoms with Gasteiger partial charge < -0.3 is 10.6 Å². The number of rotatable bonds is 9. The maximum Gasteiger partial charge on any atom is 0.0326 e. The molecule has 2 aromatic carbocycles. The van der Waals surface area contributed by atoms with Crippen molar-refractivity contribution in [2.45, 2.75) is 38.1 Å². The van der Waals surface area contributed by atoms with Gasteiger partial charge in [-0.1, -0.05) is 54.6 Å². The Labute approximate surface area is 140 Å². The molecule has 0 saturated carbocycles. The predicted molar refractivity (Wildman–Crippen MR) is 97.8 cm³/mol. The first kappa shape index (κ1) is 16.2. The Morgan fingerprint density at radius 2 is 1.65 bits per heavy atom. The van der Waals surface area contributed by atoms with Crippen LogP contribution in [0.3, 0.4) is 0 Å². The van der Waals surface area contributed by atoms with Crippen LogP contribution in [0, 0.1) is 0 Å². The number of benzene rings is 2. The average molecular weight is 308 g/mol. The van der Waals surface area contributed by atoms with Crippen molar-refractivity contribution in [1.82, 2.24) is 10.6 Å². The van der Waals surface area contributed by atoms with Gasteiger partial charge in [-0.2, -0.15) is 0 Å². The Balaban J connectivity index is 1.23. The van der Waals surface area contributed by atoms with E-state index in [-0.39, 0.29) is 0 Å². The summed E-state index contributed by atoms with van der Waals surface area (Å²) in [4.78, 5) is 0. The number of aryl methyl sites for hydroxylation is 2. The third-order valence-corrected chi connectivity index (χ3v) is 4.74. The molecule has 23 heavy (non-hydrogen) atoms. The van der Waals surface area contributed by atoms with Crippen LogP contribution in [0.1, 0.15) is 42.0 Å². The first-order valence-corrected chi connectivity index (χ1v) is 8.99. The number of hydrogen-bond donors (Lipinski definition) is 2.